The molecule has 1 saturated heterocycles. The lowest BCUT2D eigenvalue weighted by atomic mass is 10.1. The zero-order valence-electron chi connectivity index (χ0n) is 14.7. The minimum atomic E-state index is -0.885. The van der Waals surface area contributed by atoms with Crippen LogP contribution in [-0.4, -0.2) is 60.9 Å². The molecule has 1 aromatic carbocycles. The highest BCUT2D eigenvalue weighted by Crippen LogP contribution is 2.51. The normalized spacial score (nSPS) is 29.5. The number of amides is 1. The lowest BCUT2D eigenvalue weighted by Gasteiger charge is -2.23. The van der Waals surface area contributed by atoms with E-state index in [1.807, 2.05) is 18.2 Å². The van der Waals surface area contributed by atoms with Gasteiger partial charge >= 0.3 is 5.97 Å². The van der Waals surface area contributed by atoms with Crippen molar-refractivity contribution in [2.75, 3.05) is 26.9 Å². The van der Waals surface area contributed by atoms with Crippen LogP contribution in [0.2, 0.25) is 0 Å². The van der Waals surface area contributed by atoms with Crippen LogP contribution in [0.1, 0.15) is 30.7 Å². The molecular weight excluding hydrogens is 338 g/mol. The van der Waals surface area contributed by atoms with Crippen molar-refractivity contribution in [3.63, 3.8) is 0 Å². The molecule has 4 atom stereocenters. The Balaban J connectivity index is 1.45. The molecule has 0 radical (unpaired) electrons. The van der Waals surface area contributed by atoms with Gasteiger partial charge in [-0.2, -0.15) is 0 Å². The minimum Gasteiger partial charge on any atom is -0.486 e. The third-order valence-electron chi connectivity index (χ3n) is 5.50. The second-order valence-electron chi connectivity index (χ2n) is 7.19. The van der Waals surface area contributed by atoms with Gasteiger partial charge in [0.25, 0.3) is 0 Å². The largest absolute Gasteiger partial charge is 0.486 e. The van der Waals surface area contributed by atoms with Crippen molar-refractivity contribution < 1.29 is 28.9 Å². The number of carboxylic acids is 1. The van der Waals surface area contributed by atoms with Crippen LogP contribution >= 0.6 is 0 Å². The fourth-order valence-corrected chi connectivity index (χ4v) is 4.05. The maximum Gasteiger partial charge on any atom is 0.305 e. The summed E-state index contributed by atoms with van der Waals surface area (Å²) in [4.78, 5) is 25.8. The molecule has 7 heteroatoms. The number of fused-ring (bicyclic) bond motifs is 1. The molecule has 3 aliphatic rings. The van der Waals surface area contributed by atoms with E-state index in [0.29, 0.717) is 26.2 Å². The predicted molar refractivity (Wildman–Crippen MR) is 91.4 cm³/mol. The van der Waals surface area contributed by atoms with Crippen molar-refractivity contribution in [1.29, 1.82) is 0 Å². The van der Waals surface area contributed by atoms with Gasteiger partial charge in [0.05, 0.1) is 12.5 Å². The number of ether oxygens (including phenoxy) is 3. The molecule has 7 nitrogen and oxygen atoms in total. The Hall–Kier alpha value is -2.28. The van der Waals surface area contributed by atoms with E-state index < -0.39 is 5.97 Å². The van der Waals surface area contributed by atoms with Gasteiger partial charge in [0.15, 0.2) is 11.5 Å². The molecule has 1 amide bonds. The summed E-state index contributed by atoms with van der Waals surface area (Å²) in [5.41, 5.74) is 1.07. The highest BCUT2D eigenvalue weighted by atomic mass is 16.6. The molecule has 140 valence electrons. The van der Waals surface area contributed by atoms with Gasteiger partial charge in [0.2, 0.25) is 5.91 Å². The summed E-state index contributed by atoms with van der Waals surface area (Å²) in [7, 11) is 1.60. The van der Waals surface area contributed by atoms with Crippen LogP contribution in [0, 0.1) is 5.92 Å². The van der Waals surface area contributed by atoms with Crippen molar-refractivity contribution in [1.82, 2.24) is 4.90 Å². The van der Waals surface area contributed by atoms with E-state index in [0.717, 1.165) is 23.5 Å². The monoisotopic (exact) mass is 361 g/mol. The summed E-state index contributed by atoms with van der Waals surface area (Å²) < 4.78 is 16.5. The van der Waals surface area contributed by atoms with Gasteiger partial charge in [0, 0.05) is 25.6 Å². The van der Waals surface area contributed by atoms with Crippen molar-refractivity contribution in [2.45, 2.75) is 37.3 Å². The van der Waals surface area contributed by atoms with E-state index in [9.17, 15) is 9.59 Å². The number of hydrogen-bond acceptors (Lipinski definition) is 5. The van der Waals surface area contributed by atoms with Crippen molar-refractivity contribution in [2.24, 2.45) is 5.92 Å². The van der Waals surface area contributed by atoms with Gasteiger partial charge in [-0.05, 0) is 36.5 Å². The fourth-order valence-electron chi connectivity index (χ4n) is 4.05. The molecule has 2 heterocycles. The second kappa shape index (κ2) is 6.79. The Morgan fingerprint density at radius 2 is 2.00 bits per heavy atom. The van der Waals surface area contributed by atoms with Gasteiger partial charge in [0.1, 0.15) is 13.2 Å². The molecule has 4 rings (SSSR count). The molecule has 0 aromatic heterocycles. The van der Waals surface area contributed by atoms with Gasteiger partial charge in [-0.25, -0.2) is 0 Å². The molecule has 0 bridgehead atoms. The highest BCUT2D eigenvalue weighted by molar-refractivity contribution is 5.84. The number of hydrogen-bond donors (Lipinski definition) is 1. The Morgan fingerprint density at radius 3 is 2.73 bits per heavy atom. The Bertz CT molecular complexity index is 720. The Morgan fingerprint density at radius 1 is 1.23 bits per heavy atom. The quantitative estimate of drug-likeness (QED) is 0.858. The highest BCUT2D eigenvalue weighted by Gasteiger charge is 2.49. The topological polar surface area (TPSA) is 85.3 Å². The first kappa shape index (κ1) is 17.1. The predicted octanol–water partition coefficient (Wildman–Crippen LogP) is 1.65. The van der Waals surface area contributed by atoms with E-state index in [-0.39, 0.29) is 36.3 Å². The summed E-state index contributed by atoms with van der Waals surface area (Å²) in [6.07, 6.45) is 1.24. The average molecular weight is 361 g/mol. The van der Waals surface area contributed by atoms with Crippen molar-refractivity contribution in [3.8, 4) is 11.5 Å². The molecule has 1 aromatic rings. The molecule has 1 aliphatic carbocycles. The number of carbonyl (C=O) groups is 2. The lowest BCUT2D eigenvalue weighted by molar-refractivity contribution is -0.140. The average Bonchev–Trinajstić information content (AvgIpc) is 3.34. The first-order chi connectivity index (χ1) is 12.6. The van der Waals surface area contributed by atoms with E-state index >= 15 is 0 Å². The minimum absolute atomic E-state index is 0.0347. The molecule has 2 aliphatic heterocycles. The van der Waals surface area contributed by atoms with Crippen LogP contribution in [0.5, 0.6) is 11.5 Å². The SMILES string of the molecule is COC1CC(CC(=O)O)N(C(=O)C2CC2c2ccc3c(c2)OCCO3)C1. The van der Waals surface area contributed by atoms with Crippen LogP contribution < -0.4 is 9.47 Å². The van der Waals surface area contributed by atoms with Gasteiger partial charge in [-0.15, -0.1) is 0 Å². The van der Waals surface area contributed by atoms with Crippen molar-refractivity contribution >= 4 is 11.9 Å². The maximum atomic E-state index is 13.0. The number of carbonyl (C=O) groups excluding carboxylic acids is 1. The Labute approximate surface area is 151 Å². The third kappa shape index (κ3) is 3.23. The lowest BCUT2D eigenvalue weighted by Crippen LogP contribution is -2.38. The van der Waals surface area contributed by atoms with Crippen LogP contribution in [0.4, 0.5) is 0 Å². The summed E-state index contributed by atoms with van der Waals surface area (Å²) in [5.74, 6) is 0.693. The van der Waals surface area contributed by atoms with Crippen LogP contribution in [0.3, 0.4) is 0 Å². The summed E-state index contributed by atoms with van der Waals surface area (Å²) in [6.45, 7) is 1.56. The number of methoxy groups -OCH3 is 1. The van der Waals surface area contributed by atoms with E-state index in [1.165, 1.54) is 0 Å². The van der Waals surface area contributed by atoms with Crippen molar-refractivity contribution in [3.05, 3.63) is 23.8 Å². The van der Waals surface area contributed by atoms with Gasteiger partial charge in [-0.1, -0.05) is 6.07 Å². The fraction of sp³-hybridized carbons (Fsp3) is 0.579. The zero-order valence-corrected chi connectivity index (χ0v) is 14.7. The van der Waals surface area contributed by atoms with E-state index in [2.05, 4.69) is 0 Å². The number of carboxylic acid groups (broad SMARTS) is 1. The maximum absolute atomic E-state index is 13.0. The smallest absolute Gasteiger partial charge is 0.305 e. The summed E-state index contributed by atoms with van der Waals surface area (Å²) in [6, 6.07) is 5.56. The number of rotatable bonds is 5. The zero-order chi connectivity index (χ0) is 18.3. The summed E-state index contributed by atoms with van der Waals surface area (Å²) >= 11 is 0. The number of aliphatic carboxylic acids is 1. The van der Waals surface area contributed by atoms with E-state index in [1.54, 1.807) is 12.0 Å². The van der Waals surface area contributed by atoms with Crippen LogP contribution in [0.15, 0.2) is 18.2 Å². The number of nitrogens with zero attached hydrogens (tertiary/aromatic N) is 1. The molecule has 0 spiro atoms. The number of benzene rings is 1. The summed E-state index contributed by atoms with van der Waals surface area (Å²) in [5, 5.41) is 9.12. The molecule has 1 N–H and O–H groups in total. The number of likely N-dealkylation sites (tertiary alicyclic amines) is 1. The van der Waals surface area contributed by atoms with Crippen LogP contribution in [-0.2, 0) is 14.3 Å². The standard InChI is InChI=1S/C19H23NO6/c1-24-13-7-12(8-18(21)22)20(10-13)19(23)15-9-14(15)11-2-3-16-17(6-11)26-5-4-25-16/h2-3,6,12-15H,4-5,7-10H2,1H3,(H,21,22). The molecule has 26 heavy (non-hydrogen) atoms. The van der Waals surface area contributed by atoms with E-state index in [4.69, 9.17) is 19.3 Å². The van der Waals surface area contributed by atoms with Crippen LogP contribution in [0.25, 0.3) is 0 Å². The second-order valence-corrected chi connectivity index (χ2v) is 7.19. The third-order valence-corrected chi connectivity index (χ3v) is 5.50. The molecule has 2 fully saturated rings. The first-order valence-electron chi connectivity index (χ1n) is 9.01. The van der Waals surface area contributed by atoms with Gasteiger partial charge in [-0.3, -0.25) is 9.59 Å². The Kier molecular flexibility index (Phi) is 4.48. The molecule has 4 unspecified atom stereocenters. The van der Waals surface area contributed by atoms with Gasteiger partial charge < -0.3 is 24.2 Å². The molecule has 1 saturated carbocycles. The first-order valence-corrected chi connectivity index (χ1v) is 9.01. The molecular formula is C19H23NO6.